The Kier molecular flexibility index (Phi) is 6.53. The lowest BCUT2D eigenvalue weighted by Crippen LogP contribution is -2.54. The van der Waals surface area contributed by atoms with Crippen molar-refractivity contribution in [2.75, 3.05) is 5.32 Å². The molecule has 0 aliphatic carbocycles. The van der Waals surface area contributed by atoms with Crippen molar-refractivity contribution in [1.29, 1.82) is 0 Å². The molecule has 0 aromatic heterocycles. The van der Waals surface area contributed by atoms with E-state index in [1.165, 1.54) is 0 Å². The van der Waals surface area contributed by atoms with Crippen molar-refractivity contribution < 1.29 is 4.79 Å². The standard InChI is InChI=1S/C20H25N3OS/c1-20(2,3)17(18(24)21-14-15-10-6-4-7-11-15)23-19(25)22-16-12-8-5-9-13-16/h4-13,17H,14H2,1-3H3,(H,21,24)(H2,22,23,25)/t17-/m1/s1. The number of para-hydroxylation sites is 1. The molecule has 0 spiro atoms. The fourth-order valence-electron chi connectivity index (χ4n) is 2.38. The van der Waals surface area contributed by atoms with Crippen LogP contribution in [-0.4, -0.2) is 17.1 Å². The highest BCUT2D eigenvalue weighted by molar-refractivity contribution is 7.80. The van der Waals surface area contributed by atoms with E-state index in [1.807, 2.05) is 81.4 Å². The Hall–Kier alpha value is -2.40. The van der Waals surface area contributed by atoms with Crippen LogP contribution in [0, 0.1) is 5.41 Å². The predicted octanol–water partition coefficient (Wildman–Crippen LogP) is 3.70. The van der Waals surface area contributed by atoms with Crippen LogP contribution in [-0.2, 0) is 11.3 Å². The van der Waals surface area contributed by atoms with Crippen LogP contribution in [0.15, 0.2) is 60.7 Å². The van der Waals surface area contributed by atoms with Crippen LogP contribution >= 0.6 is 12.2 Å². The first-order valence-corrected chi connectivity index (χ1v) is 8.71. The average molecular weight is 356 g/mol. The molecule has 1 amide bonds. The number of amides is 1. The number of rotatable bonds is 5. The predicted molar refractivity (Wildman–Crippen MR) is 107 cm³/mol. The third kappa shape index (κ3) is 6.19. The van der Waals surface area contributed by atoms with Crippen LogP contribution in [0.2, 0.25) is 0 Å². The molecule has 4 nitrogen and oxygen atoms in total. The molecule has 25 heavy (non-hydrogen) atoms. The monoisotopic (exact) mass is 355 g/mol. The van der Waals surface area contributed by atoms with Crippen molar-refractivity contribution in [3.05, 3.63) is 66.2 Å². The molecule has 2 aromatic carbocycles. The summed E-state index contributed by atoms with van der Waals surface area (Å²) in [5, 5.41) is 9.68. The van der Waals surface area contributed by atoms with Gasteiger partial charge in [0.2, 0.25) is 5.91 Å². The molecule has 1 atom stereocenters. The third-order valence-corrected chi connectivity index (χ3v) is 3.96. The van der Waals surface area contributed by atoms with Crippen molar-refractivity contribution >= 4 is 28.9 Å². The van der Waals surface area contributed by atoms with Gasteiger partial charge >= 0.3 is 0 Å². The molecule has 0 radical (unpaired) electrons. The van der Waals surface area contributed by atoms with Gasteiger partial charge in [-0.15, -0.1) is 0 Å². The molecule has 0 saturated carbocycles. The molecule has 0 heterocycles. The molecule has 2 aromatic rings. The van der Waals surface area contributed by atoms with Crippen molar-refractivity contribution in [2.24, 2.45) is 5.41 Å². The topological polar surface area (TPSA) is 53.2 Å². The Labute approximate surface area is 155 Å². The number of hydrogen-bond acceptors (Lipinski definition) is 2. The quantitative estimate of drug-likeness (QED) is 0.716. The minimum atomic E-state index is -0.445. The fourth-order valence-corrected chi connectivity index (χ4v) is 2.62. The summed E-state index contributed by atoms with van der Waals surface area (Å²) in [5.74, 6) is -0.0754. The Balaban J connectivity index is 1.98. The highest BCUT2D eigenvalue weighted by atomic mass is 32.1. The molecular weight excluding hydrogens is 330 g/mol. The molecule has 0 unspecified atom stereocenters. The first kappa shape index (κ1) is 18.9. The van der Waals surface area contributed by atoms with Gasteiger partial charge in [0, 0.05) is 12.2 Å². The van der Waals surface area contributed by atoms with Gasteiger partial charge in [0.25, 0.3) is 0 Å². The number of anilines is 1. The summed E-state index contributed by atoms with van der Waals surface area (Å²) in [7, 11) is 0. The van der Waals surface area contributed by atoms with Crippen LogP contribution < -0.4 is 16.0 Å². The zero-order chi connectivity index (χ0) is 18.3. The maximum Gasteiger partial charge on any atom is 0.243 e. The Morgan fingerprint density at radius 3 is 2.12 bits per heavy atom. The fraction of sp³-hybridized carbons (Fsp3) is 0.300. The molecule has 5 heteroatoms. The lowest BCUT2D eigenvalue weighted by Gasteiger charge is -2.31. The van der Waals surface area contributed by atoms with Gasteiger partial charge in [0.15, 0.2) is 5.11 Å². The van der Waals surface area contributed by atoms with Crippen LogP contribution in [0.1, 0.15) is 26.3 Å². The molecular formula is C20H25N3OS. The maximum atomic E-state index is 12.7. The summed E-state index contributed by atoms with van der Waals surface area (Å²) in [6.07, 6.45) is 0. The molecule has 3 N–H and O–H groups in total. The first-order valence-electron chi connectivity index (χ1n) is 8.30. The Bertz CT molecular complexity index is 696. The maximum absolute atomic E-state index is 12.7. The van der Waals surface area contributed by atoms with Gasteiger partial charge in [-0.05, 0) is 35.3 Å². The third-order valence-electron chi connectivity index (χ3n) is 3.74. The summed E-state index contributed by atoms with van der Waals surface area (Å²) in [5.41, 5.74) is 1.66. The second-order valence-corrected chi connectivity index (χ2v) is 7.38. The van der Waals surface area contributed by atoms with E-state index in [4.69, 9.17) is 12.2 Å². The number of benzene rings is 2. The van der Waals surface area contributed by atoms with E-state index < -0.39 is 6.04 Å². The highest BCUT2D eigenvalue weighted by Crippen LogP contribution is 2.20. The Morgan fingerprint density at radius 2 is 1.56 bits per heavy atom. The summed E-state index contributed by atoms with van der Waals surface area (Å²) in [6.45, 7) is 6.53. The van der Waals surface area contributed by atoms with E-state index in [1.54, 1.807) is 0 Å². The van der Waals surface area contributed by atoms with Gasteiger partial charge < -0.3 is 16.0 Å². The van der Waals surface area contributed by atoms with Crippen LogP contribution in [0.3, 0.4) is 0 Å². The lowest BCUT2D eigenvalue weighted by atomic mass is 9.86. The van der Waals surface area contributed by atoms with Crippen LogP contribution in [0.5, 0.6) is 0 Å². The van der Waals surface area contributed by atoms with E-state index in [-0.39, 0.29) is 11.3 Å². The van der Waals surface area contributed by atoms with Gasteiger partial charge in [0.05, 0.1) is 0 Å². The minimum absolute atomic E-state index is 0.0754. The Morgan fingerprint density at radius 1 is 1.00 bits per heavy atom. The smallest absolute Gasteiger partial charge is 0.243 e. The number of nitrogens with one attached hydrogen (secondary N) is 3. The minimum Gasteiger partial charge on any atom is -0.350 e. The van der Waals surface area contributed by atoms with E-state index in [9.17, 15) is 4.79 Å². The van der Waals surface area contributed by atoms with Gasteiger partial charge in [-0.1, -0.05) is 69.3 Å². The van der Waals surface area contributed by atoms with Gasteiger partial charge in [0.1, 0.15) is 6.04 Å². The van der Waals surface area contributed by atoms with Crippen LogP contribution in [0.4, 0.5) is 5.69 Å². The zero-order valence-corrected chi connectivity index (χ0v) is 15.7. The summed E-state index contributed by atoms with van der Waals surface area (Å²) < 4.78 is 0. The summed E-state index contributed by atoms with van der Waals surface area (Å²) in [4.78, 5) is 12.7. The SMILES string of the molecule is CC(C)(C)[C@H](NC(=S)Nc1ccccc1)C(=O)NCc1ccccc1. The first-order chi connectivity index (χ1) is 11.9. The van der Waals surface area contributed by atoms with E-state index in [2.05, 4.69) is 16.0 Å². The van der Waals surface area contributed by atoms with E-state index in [0.29, 0.717) is 11.7 Å². The molecule has 0 bridgehead atoms. The van der Waals surface area contributed by atoms with Gasteiger partial charge in [-0.3, -0.25) is 4.79 Å². The molecule has 0 aliphatic rings. The largest absolute Gasteiger partial charge is 0.350 e. The second kappa shape index (κ2) is 8.62. The van der Waals surface area contributed by atoms with Crippen molar-refractivity contribution in [1.82, 2.24) is 10.6 Å². The molecule has 0 saturated heterocycles. The molecule has 0 aliphatic heterocycles. The second-order valence-electron chi connectivity index (χ2n) is 6.97. The van der Waals surface area contributed by atoms with E-state index >= 15 is 0 Å². The average Bonchev–Trinajstić information content (AvgIpc) is 2.58. The summed E-state index contributed by atoms with van der Waals surface area (Å²) >= 11 is 5.38. The van der Waals surface area contributed by atoms with Gasteiger partial charge in [-0.25, -0.2) is 0 Å². The number of thiocarbonyl (C=S) groups is 1. The normalized spacial score (nSPS) is 12.1. The molecule has 132 valence electrons. The van der Waals surface area contributed by atoms with Crippen LogP contribution in [0.25, 0.3) is 0 Å². The lowest BCUT2D eigenvalue weighted by molar-refractivity contribution is -0.125. The van der Waals surface area contributed by atoms with Gasteiger partial charge in [-0.2, -0.15) is 0 Å². The zero-order valence-electron chi connectivity index (χ0n) is 14.9. The number of carbonyl (C=O) groups is 1. The van der Waals surface area contributed by atoms with Crippen molar-refractivity contribution in [2.45, 2.75) is 33.4 Å². The summed E-state index contributed by atoms with van der Waals surface area (Å²) in [6, 6.07) is 19.1. The van der Waals surface area contributed by atoms with E-state index in [0.717, 1.165) is 11.3 Å². The van der Waals surface area contributed by atoms with Crippen molar-refractivity contribution in [3.8, 4) is 0 Å². The molecule has 2 rings (SSSR count). The number of hydrogen-bond donors (Lipinski definition) is 3. The van der Waals surface area contributed by atoms with Crippen molar-refractivity contribution in [3.63, 3.8) is 0 Å². The number of carbonyl (C=O) groups excluding carboxylic acids is 1. The highest BCUT2D eigenvalue weighted by Gasteiger charge is 2.31. The molecule has 0 fully saturated rings.